The molecule has 0 aromatic heterocycles. The minimum atomic E-state index is 0.815. The molecule has 0 N–H and O–H groups in total. The molecular formula is C3H10B2S. The van der Waals surface area contributed by atoms with Gasteiger partial charge in [0.1, 0.15) is 0 Å². The molecule has 0 aliphatic rings. The first kappa shape index (κ1) is 6.48. The lowest BCUT2D eigenvalue weighted by Crippen LogP contribution is -1.99. The van der Waals surface area contributed by atoms with Crippen molar-refractivity contribution in [3.63, 3.8) is 0 Å². The summed E-state index contributed by atoms with van der Waals surface area (Å²) in [6, 6.07) is 0. The van der Waals surface area contributed by atoms with E-state index in [1.54, 1.807) is 0 Å². The zero-order valence-electron chi connectivity index (χ0n) is 4.69. The Balaban J connectivity index is 2.63. The maximum Gasteiger partial charge on any atom is 0.165 e. The van der Waals surface area contributed by atoms with Crippen LogP contribution in [-0.4, -0.2) is 19.4 Å². The molecule has 0 aliphatic carbocycles. The van der Waals surface area contributed by atoms with Crippen LogP contribution >= 0.6 is 11.6 Å². The highest BCUT2D eigenvalue weighted by Gasteiger charge is 1.91. The Morgan fingerprint density at radius 2 is 2.33 bits per heavy atom. The van der Waals surface area contributed by atoms with Crippen molar-refractivity contribution in [1.29, 1.82) is 0 Å². The van der Waals surface area contributed by atoms with Crippen LogP contribution in [0.1, 0.15) is 6.92 Å². The van der Waals surface area contributed by atoms with Crippen LogP contribution in [0.15, 0.2) is 0 Å². The highest BCUT2D eigenvalue weighted by Crippen LogP contribution is 1.99. The summed E-state index contributed by atoms with van der Waals surface area (Å²) >= 11 is 1.99. The summed E-state index contributed by atoms with van der Waals surface area (Å²) in [5.74, 6) is 2.06. The van der Waals surface area contributed by atoms with Crippen molar-refractivity contribution in [3.05, 3.63) is 0 Å². The van der Waals surface area contributed by atoms with E-state index in [2.05, 4.69) is 21.5 Å². The molecule has 0 spiro atoms. The molecule has 0 saturated heterocycles. The molecule has 0 bridgehead atoms. The van der Waals surface area contributed by atoms with Crippen molar-refractivity contribution in [3.8, 4) is 0 Å². The molecule has 0 aromatic rings. The minimum absolute atomic E-state index is 0.815. The van der Waals surface area contributed by atoms with E-state index in [1.807, 2.05) is 11.6 Å². The summed E-state index contributed by atoms with van der Waals surface area (Å²) in [7, 11) is 2.22. The van der Waals surface area contributed by atoms with Crippen LogP contribution in [0.4, 0.5) is 0 Å². The smallest absolute Gasteiger partial charge is 0.165 e. The third-order valence-corrected chi connectivity index (χ3v) is 1.50. The van der Waals surface area contributed by atoms with Gasteiger partial charge in [0, 0.05) is 0 Å². The van der Waals surface area contributed by atoms with Gasteiger partial charge in [-0.15, -0.1) is 0 Å². The molecule has 0 radical (unpaired) electrons. The molecular weight excluding hydrogens is 89.7 g/mol. The van der Waals surface area contributed by atoms with Gasteiger partial charge in [-0.05, 0) is 5.75 Å². The van der Waals surface area contributed by atoms with Crippen LogP contribution in [0.2, 0.25) is 6.82 Å². The molecule has 34 valence electrons. The quantitative estimate of drug-likeness (QED) is 0.455. The maximum atomic E-state index is 2.22. The topological polar surface area (TPSA) is 0 Å². The highest BCUT2D eigenvalue weighted by molar-refractivity contribution is 8.29. The van der Waals surface area contributed by atoms with Crippen LogP contribution in [0.25, 0.3) is 0 Å². The van der Waals surface area contributed by atoms with E-state index in [0.717, 1.165) is 5.88 Å². The van der Waals surface area contributed by atoms with Gasteiger partial charge in [-0.25, -0.2) is 11.6 Å². The predicted molar refractivity (Wildman–Crippen MR) is 38.3 cm³/mol. The predicted octanol–water partition coefficient (Wildman–Crippen LogP) is 0.491. The van der Waals surface area contributed by atoms with Crippen LogP contribution in [0.5, 0.6) is 0 Å². The Hall–Kier alpha value is 0.480. The van der Waals surface area contributed by atoms with Gasteiger partial charge in [-0.3, -0.25) is 0 Å². The van der Waals surface area contributed by atoms with Gasteiger partial charge < -0.3 is 0 Å². The maximum absolute atomic E-state index is 2.22. The van der Waals surface area contributed by atoms with Crippen LogP contribution in [0.3, 0.4) is 0 Å². The second-order valence-corrected chi connectivity index (χ2v) is 3.36. The fourth-order valence-electron chi connectivity index (χ4n) is 0.333. The Labute approximate surface area is 45.4 Å². The number of hydrogen-bond donors (Lipinski definition) is 0. The van der Waals surface area contributed by atoms with E-state index in [9.17, 15) is 0 Å². The van der Waals surface area contributed by atoms with Gasteiger partial charge in [0.25, 0.3) is 0 Å². The lowest BCUT2D eigenvalue weighted by Gasteiger charge is -1.92. The average Bonchev–Trinajstić information content (AvgIpc) is 1.35. The van der Waals surface area contributed by atoms with E-state index in [1.165, 1.54) is 5.75 Å². The lowest BCUT2D eigenvalue weighted by molar-refractivity contribution is 1.54. The van der Waals surface area contributed by atoms with Crippen molar-refractivity contribution >= 4 is 25.2 Å². The van der Waals surface area contributed by atoms with E-state index in [4.69, 9.17) is 0 Å². The molecule has 0 nitrogen and oxygen atoms in total. The molecule has 3 heteroatoms. The standard InChI is InChI=1S/C3H10B2S/c1-3-6-5(2)4/h3-4H2,1-2H3. The molecule has 0 rings (SSSR count). The zero-order valence-corrected chi connectivity index (χ0v) is 5.51. The van der Waals surface area contributed by atoms with Crippen molar-refractivity contribution in [1.82, 2.24) is 0 Å². The average molecular weight is 99.8 g/mol. The molecule has 0 unspecified atom stereocenters. The van der Waals surface area contributed by atoms with Gasteiger partial charge in [0.05, 0.1) is 7.74 Å². The Morgan fingerprint density at radius 3 is 2.33 bits per heavy atom. The van der Waals surface area contributed by atoms with Gasteiger partial charge in [0.15, 0.2) is 5.88 Å². The van der Waals surface area contributed by atoms with Gasteiger partial charge >= 0.3 is 0 Å². The number of hydrogen-bond acceptors (Lipinski definition) is 1. The number of rotatable bonds is 2. The first-order chi connectivity index (χ1) is 2.77. The van der Waals surface area contributed by atoms with Crippen molar-refractivity contribution in [2.75, 3.05) is 5.75 Å². The van der Waals surface area contributed by atoms with E-state index in [-0.39, 0.29) is 0 Å². The van der Waals surface area contributed by atoms with Crippen LogP contribution in [0, 0.1) is 0 Å². The van der Waals surface area contributed by atoms with Crippen LogP contribution in [-0.2, 0) is 0 Å². The van der Waals surface area contributed by atoms with Gasteiger partial charge in [0.2, 0.25) is 0 Å². The second-order valence-electron chi connectivity index (χ2n) is 1.50. The molecule has 0 atom stereocenters. The van der Waals surface area contributed by atoms with Crippen molar-refractivity contribution in [2.24, 2.45) is 0 Å². The summed E-state index contributed by atoms with van der Waals surface area (Å²) < 4.78 is 0. The van der Waals surface area contributed by atoms with Gasteiger partial charge in [-0.1, -0.05) is 13.7 Å². The summed E-state index contributed by atoms with van der Waals surface area (Å²) in [5, 5.41) is 0. The molecule has 0 fully saturated rings. The van der Waals surface area contributed by atoms with E-state index in [0.29, 0.717) is 0 Å². The summed E-state index contributed by atoms with van der Waals surface area (Å²) in [4.78, 5) is 0. The van der Waals surface area contributed by atoms with Crippen molar-refractivity contribution in [2.45, 2.75) is 13.7 Å². The zero-order chi connectivity index (χ0) is 4.99. The SMILES string of the molecule is BB(C)SCC. The Morgan fingerprint density at radius 1 is 1.83 bits per heavy atom. The summed E-state index contributed by atoms with van der Waals surface area (Å²) in [6.45, 7) is 4.40. The normalized spacial score (nSPS) is 8.33. The Kier molecular flexibility index (Phi) is 3.96. The molecule has 0 amide bonds. The fourth-order valence-corrected chi connectivity index (χ4v) is 1.00. The Bertz CT molecular complexity index is 30.0. The third-order valence-electron chi connectivity index (χ3n) is 0.500. The molecule has 0 aromatic carbocycles. The minimum Gasteiger partial charge on any atom is -0.221 e. The molecule has 6 heavy (non-hydrogen) atoms. The second kappa shape index (κ2) is 3.66. The fraction of sp³-hybridized carbons (Fsp3) is 1.00. The summed E-state index contributed by atoms with van der Waals surface area (Å²) in [5.41, 5.74) is 0. The first-order valence-corrected chi connectivity index (χ1v) is 3.43. The van der Waals surface area contributed by atoms with Crippen molar-refractivity contribution < 1.29 is 0 Å². The third kappa shape index (κ3) is 4.48. The van der Waals surface area contributed by atoms with E-state index < -0.39 is 0 Å². The monoisotopic (exact) mass is 100 g/mol. The molecule has 0 heterocycles. The van der Waals surface area contributed by atoms with Crippen LogP contribution < -0.4 is 0 Å². The first-order valence-electron chi connectivity index (χ1n) is 2.39. The largest absolute Gasteiger partial charge is 0.221 e. The summed E-state index contributed by atoms with van der Waals surface area (Å²) in [6.07, 6.45) is 0. The molecule has 0 aliphatic heterocycles. The van der Waals surface area contributed by atoms with Gasteiger partial charge in [-0.2, -0.15) is 0 Å². The lowest BCUT2D eigenvalue weighted by atomic mass is 9.56. The highest BCUT2D eigenvalue weighted by atomic mass is 32.2. The molecule has 0 saturated carbocycles. The van der Waals surface area contributed by atoms with E-state index >= 15 is 0 Å².